The summed E-state index contributed by atoms with van der Waals surface area (Å²) in [6.45, 7) is 0.360. The number of rotatable bonds is 7. The van der Waals surface area contributed by atoms with E-state index in [9.17, 15) is 4.79 Å². The molecule has 6 heteroatoms. The molecule has 0 fully saturated rings. The quantitative estimate of drug-likeness (QED) is 0.337. The summed E-state index contributed by atoms with van der Waals surface area (Å²) in [5, 5.41) is 5.00. The summed E-state index contributed by atoms with van der Waals surface area (Å²) in [5.41, 5.74) is 3.96. The van der Waals surface area contributed by atoms with E-state index in [2.05, 4.69) is 27.4 Å². The lowest BCUT2D eigenvalue weighted by Gasteiger charge is -2.13. The molecule has 1 N–H and O–H groups in total. The maximum Gasteiger partial charge on any atom is 0.242 e. The molecule has 1 heterocycles. The number of pyridine rings is 1. The number of carbonyl (C=O) groups is 1. The van der Waals surface area contributed by atoms with Crippen molar-refractivity contribution in [2.45, 2.75) is 6.54 Å². The van der Waals surface area contributed by atoms with Gasteiger partial charge in [0.05, 0.1) is 14.2 Å². The second kappa shape index (κ2) is 10.4. The standard InChI is InChI=1S/C27H25N3O3/c1-32-22-10-6-9-20(15-22)23-12-11-21(25-17-28-14-13-24(23)25)16-29-26(31)18-30-27(33-2)19-7-4-3-5-8-19/h3-15,17H,16,18H2,1-2H3,(H,29,31)/b30-27-. The van der Waals surface area contributed by atoms with Crippen LogP contribution in [0.25, 0.3) is 21.9 Å². The Morgan fingerprint density at radius 1 is 0.970 bits per heavy atom. The molecule has 0 saturated carbocycles. The fourth-order valence-corrected chi connectivity index (χ4v) is 3.69. The van der Waals surface area contributed by atoms with Crippen LogP contribution in [0.4, 0.5) is 0 Å². The number of ether oxygens (including phenoxy) is 2. The SMILES string of the molecule is CO/C(=N\CC(=O)NCc1ccc(-c2cccc(OC)c2)c2ccncc12)c1ccccc1. The van der Waals surface area contributed by atoms with Crippen LogP contribution in [0.5, 0.6) is 5.75 Å². The van der Waals surface area contributed by atoms with Gasteiger partial charge in [0.1, 0.15) is 12.3 Å². The van der Waals surface area contributed by atoms with Gasteiger partial charge in [0.2, 0.25) is 11.8 Å². The highest BCUT2D eigenvalue weighted by atomic mass is 16.5. The van der Waals surface area contributed by atoms with Crippen LogP contribution in [0.2, 0.25) is 0 Å². The Labute approximate surface area is 192 Å². The van der Waals surface area contributed by atoms with E-state index in [1.807, 2.05) is 66.9 Å². The molecule has 0 saturated heterocycles. The third-order valence-corrected chi connectivity index (χ3v) is 5.35. The number of carbonyl (C=O) groups excluding carboxylic acids is 1. The number of nitrogens with one attached hydrogen (secondary N) is 1. The molecule has 0 aliphatic carbocycles. The van der Waals surface area contributed by atoms with Crippen molar-refractivity contribution in [1.82, 2.24) is 10.3 Å². The summed E-state index contributed by atoms with van der Waals surface area (Å²) in [6.07, 6.45) is 3.61. The molecule has 33 heavy (non-hydrogen) atoms. The number of hydrogen-bond donors (Lipinski definition) is 1. The minimum Gasteiger partial charge on any atom is -0.497 e. The lowest BCUT2D eigenvalue weighted by atomic mass is 9.96. The molecule has 166 valence electrons. The molecule has 4 aromatic rings. The second-order valence-corrected chi connectivity index (χ2v) is 7.39. The van der Waals surface area contributed by atoms with Crippen molar-refractivity contribution in [2.75, 3.05) is 20.8 Å². The van der Waals surface area contributed by atoms with E-state index < -0.39 is 0 Å². The Morgan fingerprint density at radius 3 is 2.61 bits per heavy atom. The molecule has 4 rings (SSSR count). The molecule has 0 atom stereocenters. The van der Waals surface area contributed by atoms with Gasteiger partial charge in [-0.05, 0) is 52.4 Å². The molecule has 0 unspecified atom stereocenters. The van der Waals surface area contributed by atoms with Crippen LogP contribution in [0.15, 0.2) is 90.2 Å². The average Bonchev–Trinajstić information content (AvgIpc) is 2.88. The Kier molecular flexibility index (Phi) is 6.95. The number of fused-ring (bicyclic) bond motifs is 1. The fourth-order valence-electron chi connectivity index (χ4n) is 3.69. The minimum absolute atomic E-state index is 0.0177. The van der Waals surface area contributed by atoms with E-state index in [4.69, 9.17) is 9.47 Å². The third-order valence-electron chi connectivity index (χ3n) is 5.35. The first kappa shape index (κ1) is 22.0. The van der Waals surface area contributed by atoms with Crippen LogP contribution < -0.4 is 10.1 Å². The Bertz CT molecular complexity index is 1290. The predicted octanol–water partition coefficient (Wildman–Crippen LogP) is 4.62. The van der Waals surface area contributed by atoms with Crippen molar-refractivity contribution in [2.24, 2.45) is 4.99 Å². The van der Waals surface area contributed by atoms with E-state index in [1.54, 1.807) is 20.4 Å². The Morgan fingerprint density at radius 2 is 1.82 bits per heavy atom. The fraction of sp³-hybridized carbons (Fsp3) is 0.148. The van der Waals surface area contributed by atoms with Crippen LogP contribution in [0.3, 0.4) is 0 Å². The number of nitrogens with zero attached hydrogens (tertiary/aromatic N) is 2. The Hall–Kier alpha value is -4.19. The highest BCUT2D eigenvalue weighted by molar-refractivity contribution is 5.98. The van der Waals surface area contributed by atoms with Crippen LogP contribution in [0.1, 0.15) is 11.1 Å². The first-order valence-electron chi connectivity index (χ1n) is 10.6. The number of methoxy groups -OCH3 is 2. The van der Waals surface area contributed by atoms with Gasteiger partial charge in [-0.1, -0.05) is 42.5 Å². The molecule has 0 bridgehead atoms. The molecule has 1 amide bonds. The van der Waals surface area contributed by atoms with Gasteiger partial charge in [0.15, 0.2) is 0 Å². The summed E-state index contributed by atoms with van der Waals surface area (Å²) < 4.78 is 10.7. The van der Waals surface area contributed by atoms with E-state index in [0.717, 1.165) is 38.8 Å². The predicted molar refractivity (Wildman–Crippen MR) is 130 cm³/mol. The zero-order chi connectivity index (χ0) is 23.0. The first-order chi connectivity index (χ1) is 16.2. The third kappa shape index (κ3) is 5.18. The maximum atomic E-state index is 12.5. The zero-order valence-electron chi connectivity index (χ0n) is 18.6. The molecule has 6 nitrogen and oxygen atoms in total. The van der Waals surface area contributed by atoms with Crippen molar-refractivity contribution < 1.29 is 14.3 Å². The van der Waals surface area contributed by atoms with Gasteiger partial charge in [-0.2, -0.15) is 0 Å². The molecular formula is C27H25N3O3. The van der Waals surface area contributed by atoms with Crippen LogP contribution in [-0.4, -0.2) is 37.6 Å². The molecule has 0 aliphatic rings. The highest BCUT2D eigenvalue weighted by Crippen LogP contribution is 2.32. The average molecular weight is 440 g/mol. The van der Waals surface area contributed by atoms with Crippen molar-refractivity contribution in [3.63, 3.8) is 0 Å². The van der Waals surface area contributed by atoms with Crippen LogP contribution in [0, 0.1) is 0 Å². The van der Waals surface area contributed by atoms with Crippen LogP contribution >= 0.6 is 0 Å². The molecular weight excluding hydrogens is 414 g/mol. The van der Waals surface area contributed by atoms with Gasteiger partial charge in [-0.3, -0.25) is 9.78 Å². The smallest absolute Gasteiger partial charge is 0.242 e. The summed E-state index contributed by atoms with van der Waals surface area (Å²) in [7, 11) is 3.21. The molecule has 1 aromatic heterocycles. The number of amides is 1. The summed E-state index contributed by atoms with van der Waals surface area (Å²) in [5.74, 6) is 1.05. The van der Waals surface area contributed by atoms with Gasteiger partial charge in [0, 0.05) is 29.9 Å². The van der Waals surface area contributed by atoms with Crippen LogP contribution in [-0.2, 0) is 16.1 Å². The summed E-state index contributed by atoms with van der Waals surface area (Å²) in [6, 6.07) is 23.5. The first-order valence-corrected chi connectivity index (χ1v) is 10.6. The van der Waals surface area contributed by atoms with Gasteiger partial charge in [-0.15, -0.1) is 0 Å². The van der Waals surface area contributed by atoms with E-state index in [-0.39, 0.29) is 12.5 Å². The van der Waals surface area contributed by atoms with Crippen molar-refractivity contribution in [1.29, 1.82) is 0 Å². The highest BCUT2D eigenvalue weighted by Gasteiger charge is 2.10. The van der Waals surface area contributed by atoms with E-state index >= 15 is 0 Å². The molecule has 0 spiro atoms. The topological polar surface area (TPSA) is 72.8 Å². The number of aromatic nitrogens is 1. The molecule has 0 radical (unpaired) electrons. The van der Waals surface area contributed by atoms with Gasteiger partial charge >= 0.3 is 0 Å². The lowest BCUT2D eigenvalue weighted by molar-refractivity contribution is -0.119. The van der Waals surface area contributed by atoms with Gasteiger partial charge in [-0.25, -0.2) is 4.99 Å². The normalized spacial score (nSPS) is 11.3. The number of hydrogen-bond acceptors (Lipinski definition) is 5. The molecule has 0 aliphatic heterocycles. The minimum atomic E-state index is -0.186. The molecule has 3 aromatic carbocycles. The van der Waals surface area contributed by atoms with Gasteiger partial charge in [0.25, 0.3) is 0 Å². The van der Waals surface area contributed by atoms with Gasteiger partial charge < -0.3 is 14.8 Å². The van der Waals surface area contributed by atoms with E-state index in [0.29, 0.717) is 12.4 Å². The van der Waals surface area contributed by atoms with E-state index in [1.165, 1.54) is 0 Å². The second-order valence-electron chi connectivity index (χ2n) is 7.39. The summed E-state index contributed by atoms with van der Waals surface area (Å²) >= 11 is 0. The lowest BCUT2D eigenvalue weighted by Crippen LogP contribution is -2.26. The summed E-state index contributed by atoms with van der Waals surface area (Å²) in [4.78, 5) is 21.1. The van der Waals surface area contributed by atoms with Crippen molar-refractivity contribution in [3.8, 4) is 16.9 Å². The van der Waals surface area contributed by atoms with Crippen molar-refractivity contribution in [3.05, 3.63) is 96.3 Å². The number of benzene rings is 3. The zero-order valence-corrected chi connectivity index (χ0v) is 18.6. The largest absolute Gasteiger partial charge is 0.497 e. The maximum absolute atomic E-state index is 12.5. The Balaban J connectivity index is 1.51. The number of aliphatic imine (C=N–C) groups is 1. The van der Waals surface area contributed by atoms with Crippen molar-refractivity contribution >= 4 is 22.6 Å². The monoisotopic (exact) mass is 439 g/mol.